The molecule has 124 valence electrons. The minimum atomic E-state index is -0.612. The summed E-state index contributed by atoms with van der Waals surface area (Å²) in [5.74, 6) is -1.10. The van der Waals surface area contributed by atoms with E-state index in [0.717, 1.165) is 11.1 Å². The number of rotatable bonds is 5. The molecule has 2 aromatic carbocycles. The molecule has 5 nitrogen and oxygen atoms in total. The molecule has 0 aliphatic rings. The number of ketones is 1. The van der Waals surface area contributed by atoms with Gasteiger partial charge in [0, 0.05) is 18.2 Å². The van der Waals surface area contributed by atoms with Crippen molar-refractivity contribution in [1.82, 2.24) is 0 Å². The van der Waals surface area contributed by atoms with Crippen molar-refractivity contribution in [3.63, 3.8) is 0 Å². The van der Waals surface area contributed by atoms with Crippen molar-refractivity contribution in [3.05, 3.63) is 64.7 Å². The third kappa shape index (κ3) is 4.52. The minimum Gasteiger partial charge on any atom is -0.454 e. The topological polar surface area (TPSA) is 72.5 Å². The second kappa shape index (κ2) is 7.55. The number of hydrogen-bond acceptors (Lipinski definition) is 4. The Labute approximate surface area is 140 Å². The third-order valence-corrected chi connectivity index (χ3v) is 3.58. The Morgan fingerprint density at radius 2 is 1.71 bits per heavy atom. The van der Waals surface area contributed by atoms with Crippen LogP contribution in [0.4, 0.5) is 5.69 Å². The highest BCUT2D eigenvalue weighted by molar-refractivity contribution is 6.00. The van der Waals surface area contributed by atoms with Gasteiger partial charge in [-0.05, 0) is 49.2 Å². The number of carbonyl (C=O) groups is 3. The predicted molar refractivity (Wildman–Crippen MR) is 91.3 cm³/mol. The summed E-state index contributed by atoms with van der Waals surface area (Å²) in [6.07, 6.45) is 0. The fraction of sp³-hybridized carbons (Fsp3) is 0.211. The van der Waals surface area contributed by atoms with Crippen LogP contribution in [0.1, 0.15) is 38.8 Å². The highest BCUT2D eigenvalue weighted by Crippen LogP contribution is 2.13. The highest BCUT2D eigenvalue weighted by Gasteiger charge is 2.13. The van der Waals surface area contributed by atoms with Crippen LogP contribution in [-0.2, 0) is 9.53 Å². The maximum absolute atomic E-state index is 12.1. The predicted octanol–water partition coefficient (Wildman–Crippen LogP) is 3.30. The van der Waals surface area contributed by atoms with Crippen molar-refractivity contribution in [2.45, 2.75) is 20.8 Å². The van der Waals surface area contributed by atoms with E-state index in [4.69, 9.17) is 4.74 Å². The number of anilines is 1. The van der Waals surface area contributed by atoms with Gasteiger partial charge in [-0.15, -0.1) is 0 Å². The summed E-state index contributed by atoms with van der Waals surface area (Å²) >= 11 is 0. The molecular weight excluding hydrogens is 306 g/mol. The molecule has 5 heteroatoms. The van der Waals surface area contributed by atoms with Gasteiger partial charge in [0.2, 0.25) is 5.91 Å². The molecule has 0 fully saturated rings. The summed E-state index contributed by atoms with van der Waals surface area (Å²) in [5, 5.41) is 2.59. The minimum absolute atomic E-state index is 0.231. The quantitative estimate of drug-likeness (QED) is 0.676. The first-order valence-corrected chi connectivity index (χ1v) is 7.52. The van der Waals surface area contributed by atoms with Gasteiger partial charge in [0.05, 0.1) is 5.56 Å². The smallest absolute Gasteiger partial charge is 0.338 e. The summed E-state index contributed by atoms with van der Waals surface area (Å²) in [5.41, 5.74) is 3.39. The number of nitrogens with one attached hydrogen (secondary N) is 1. The second-order valence-corrected chi connectivity index (χ2v) is 5.56. The fourth-order valence-electron chi connectivity index (χ4n) is 2.14. The molecule has 2 aromatic rings. The van der Waals surface area contributed by atoms with Crippen molar-refractivity contribution >= 4 is 23.3 Å². The van der Waals surface area contributed by atoms with Crippen LogP contribution >= 0.6 is 0 Å². The zero-order valence-corrected chi connectivity index (χ0v) is 13.9. The molecule has 1 N–H and O–H groups in total. The van der Waals surface area contributed by atoms with E-state index in [0.29, 0.717) is 11.3 Å². The first-order chi connectivity index (χ1) is 11.4. The Balaban J connectivity index is 2.01. The van der Waals surface area contributed by atoms with E-state index >= 15 is 0 Å². The van der Waals surface area contributed by atoms with Gasteiger partial charge in [0.25, 0.3) is 0 Å². The lowest BCUT2D eigenvalue weighted by Gasteiger charge is -2.08. The molecule has 24 heavy (non-hydrogen) atoms. The van der Waals surface area contributed by atoms with Gasteiger partial charge in [-0.2, -0.15) is 0 Å². The maximum Gasteiger partial charge on any atom is 0.338 e. The Morgan fingerprint density at radius 3 is 2.38 bits per heavy atom. The summed E-state index contributed by atoms with van der Waals surface area (Å²) in [6.45, 7) is 4.94. The van der Waals surface area contributed by atoms with Crippen LogP contribution in [0, 0.1) is 13.8 Å². The number of esters is 1. The summed E-state index contributed by atoms with van der Waals surface area (Å²) in [4.78, 5) is 35.2. The molecule has 0 saturated heterocycles. The SMILES string of the molecule is CC(=O)Nc1cccc(C(=O)OCC(=O)c2ccc(C)c(C)c2)c1. The van der Waals surface area contributed by atoms with Gasteiger partial charge < -0.3 is 10.1 Å². The number of Topliss-reactive ketones (excluding diaryl/α,β-unsaturated/α-hetero) is 1. The first kappa shape index (κ1) is 17.4. The van der Waals surface area contributed by atoms with Crippen LogP contribution < -0.4 is 5.32 Å². The average Bonchev–Trinajstić information content (AvgIpc) is 2.54. The molecule has 0 aliphatic carbocycles. The maximum atomic E-state index is 12.1. The van der Waals surface area contributed by atoms with Gasteiger partial charge in [0.1, 0.15) is 0 Å². The molecule has 0 bridgehead atoms. The molecule has 2 rings (SSSR count). The Hall–Kier alpha value is -2.95. The Kier molecular flexibility index (Phi) is 5.47. The lowest BCUT2D eigenvalue weighted by molar-refractivity contribution is -0.114. The summed E-state index contributed by atoms with van der Waals surface area (Å²) in [6, 6.07) is 11.7. The fourth-order valence-corrected chi connectivity index (χ4v) is 2.14. The molecule has 0 aliphatic heterocycles. The number of benzene rings is 2. The zero-order valence-electron chi connectivity index (χ0n) is 13.9. The van der Waals surface area contributed by atoms with Gasteiger partial charge in [0.15, 0.2) is 12.4 Å². The molecule has 0 spiro atoms. The Morgan fingerprint density at radius 1 is 0.958 bits per heavy atom. The highest BCUT2D eigenvalue weighted by atomic mass is 16.5. The largest absolute Gasteiger partial charge is 0.454 e. The third-order valence-electron chi connectivity index (χ3n) is 3.58. The van der Waals surface area contributed by atoms with Gasteiger partial charge in [-0.25, -0.2) is 4.79 Å². The number of aryl methyl sites for hydroxylation is 2. The van der Waals surface area contributed by atoms with Crippen LogP contribution in [0.2, 0.25) is 0 Å². The normalized spacial score (nSPS) is 10.1. The lowest BCUT2D eigenvalue weighted by Crippen LogP contribution is -2.15. The van der Waals surface area contributed by atoms with Crippen molar-refractivity contribution < 1.29 is 19.1 Å². The van der Waals surface area contributed by atoms with Gasteiger partial charge >= 0.3 is 5.97 Å². The van der Waals surface area contributed by atoms with E-state index in [1.54, 1.807) is 30.3 Å². The van der Waals surface area contributed by atoms with Crippen LogP contribution in [-0.4, -0.2) is 24.3 Å². The van der Waals surface area contributed by atoms with Crippen LogP contribution in [0.15, 0.2) is 42.5 Å². The van der Waals surface area contributed by atoms with Gasteiger partial charge in [-0.3, -0.25) is 9.59 Å². The number of ether oxygens (including phenoxy) is 1. The number of amides is 1. The first-order valence-electron chi connectivity index (χ1n) is 7.52. The molecule has 0 radical (unpaired) electrons. The average molecular weight is 325 g/mol. The van der Waals surface area contributed by atoms with E-state index in [2.05, 4.69) is 5.32 Å². The molecular formula is C19H19NO4. The monoisotopic (exact) mass is 325 g/mol. The molecule has 0 aromatic heterocycles. The van der Waals surface area contributed by atoms with Crippen LogP contribution in [0.3, 0.4) is 0 Å². The van der Waals surface area contributed by atoms with E-state index in [9.17, 15) is 14.4 Å². The van der Waals surface area contributed by atoms with E-state index in [1.807, 2.05) is 19.9 Å². The molecule has 0 unspecified atom stereocenters. The molecule has 0 saturated carbocycles. The standard InChI is InChI=1S/C19H19NO4/c1-12-7-8-15(9-13(12)2)18(22)11-24-19(23)16-5-4-6-17(10-16)20-14(3)21/h4-10H,11H2,1-3H3,(H,20,21). The summed E-state index contributed by atoms with van der Waals surface area (Å²) in [7, 11) is 0. The lowest BCUT2D eigenvalue weighted by atomic mass is 10.0. The van der Waals surface area contributed by atoms with Gasteiger partial charge in [-0.1, -0.05) is 18.2 Å². The van der Waals surface area contributed by atoms with Crippen LogP contribution in [0.25, 0.3) is 0 Å². The van der Waals surface area contributed by atoms with Crippen molar-refractivity contribution in [2.24, 2.45) is 0 Å². The van der Waals surface area contributed by atoms with Crippen molar-refractivity contribution in [1.29, 1.82) is 0 Å². The van der Waals surface area contributed by atoms with Crippen molar-refractivity contribution in [2.75, 3.05) is 11.9 Å². The van der Waals surface area contributed by atoms with E-state index in [-0.39, 0.29) is 23.9 Å². The number of hydrogen-bond donors (Lipinski definition) is 1. The molecule has 1 amide bonds. The van der Waals surface area contributed by atoms with Crippen LogP contribution in [0.5, 0.6) is 0 Å². The summed E-state index contributed by atoms with van der Waals surface area (Å²) < 4.78 is 5.07. The van der Waals surface area contributed by atoms with E-state index in [1.165, 1.54) is 13.0 Å². The Bertz CT molecular complexity index is 796. The van der Waals surface area contributed by atoms with E-state index < -0.39 is 5.97 Å². The second-order valence-electron chi connectivity index (χ2n) is 5.56. The number of carbonyl (C=O) groups excluding carboxylic acids is 3. The van der Waals surface area contributed by atoms with Crippen molar-refractivity contribution in [3.8, 4) is 0 Å². The zero-order chi connectivity index (χ0) is 17.7. The molecule has 0 heterocycles. The molecule has 0 atom stereocenters.